The summed E-state index contributed by atoms with van der Waals surface area (Å²) < 4.78 is 0. The topological polar surface area (TPSA) is 54.5 Å². The number of hydrogen-bond donors (Lipinski definition) is 2. The van der Waals surface area contributed by atoms with Crippen molar-refractivity contribution in [2.75, 3.05) is 0 Å². The summed E-state index contributed by atoms with van der Waals surface area (Å²) in [7, 11) is 0. The van der Waals surface area contributed by atoms with E-state index in [-0.39, 0.29) is 0 Å². The average Bonchev–Trinajstić information content (AvgIpc) is 2.57. The summed E-state index contributed by atoms with van der Waals surface area (Å²) in [5, 5.41) is 14.3. The molecule has 1 aromatic heterocycles. The van der Waals surface area contributed by atoms with E-state index in [0.29, 0.717) is 11.2 Å². The van der Waals surface area contributed by atoms with Crippen LogP contribution < -0.4 is 0 Å². The van der Waals surface area contributed by atoms with Crippen LogP contribution in [0.3, 0.4) is 0 Å². The van der Waals surface area contributed by atoms with Gasteiger partial charge in [-0.1, -0.05) is 12.8 Å². The van der Waals surface area contributed by atoms with Crippen LogP contribution in [0.25, 0.3) is 0 Å². The fraction of sp³-hybridized carbons (Fsp3) is 0.857. The first-order valence-corrected chi connectivity index (χ1v) is 4.81. The van der Waals surface area contributed by atoms with Gasteiger partial charge in [0.15, 0.2) is 5.82 Å². The van der Waals surface area contributed by atoms with Gasteiger partial charge in [0.1, 0.15) is 0 Å². The minimum Gasteiger partial charge on any atom is -0.243 e. The summed E-state index contributed by atoms with van der Waals surface area (Å²) >= 11 is 4.53. The lowest BCUT2D eigenvalue weighted by atomic mass is 9.88. The molecule has 1 aliphatic carbocycles. The molecule has 2 rings (SSSR count). The zero-order valence-corrected chi connectivity index (χ0v) is 7.67. The predicted molar refractivity (Wildman–Crippen MR) is 48.2 cm³/mol. The van der Waals surface area contributed by atoms with Crippen molar-refractivity contribution in [3.63, 3.8) is 0 Å². The van der Waals surface area contributed by atoms with E-state index in [2.05, 4.69) is 33.3 Å². The van der Waals surface area contributed by atoms with Gasteiger partial charge >= 0.3 is 0 Å². The second kappa shape index (κ2) is 3.43. The number of aromatic amines is 1. The SMILES string of the molecule is SC1CCCCC1c1nnn[nH]1. The molecule has 2 atom stereocenters. The maximum atomic E-state index is 4.53. The molecule has 1 fully saturated rings. The Balaban J connectivity index is 2.11. The second-order valence-corrected chi connectivity index (χ2v) is 3.91. The zero-order chi connectivity index (χ0) is 8.39. The lowest BCUT2D eigenvalue weighted by molar-refractivity contribution is 0.442. The molecule has 0 saturated heterocycles. The van der Waals surface area contributed by atoms with Gasteiger partial charge < -0.3 is 0 Å². The number of hydrogen-bond acceptors (Lipinski definition) is 4. The Bertz CT molecular complexity index is 236. The van der Waals surface area contributed by atoms with Crippen LogP contribution in [-0.4, -0.2) is 25.9 Å². The Morgan fingerprint density at radius 3 is 2.83 bits per heavy atom. The molecule has 0 amide bonds. The normalized spacial score (nSPS) is 30.4. The number of H-pyrrole nitrogens is 1. The van der Waals surface area contributed by atoms with Crippen molar-refractivity contribution in [3.05, 3.63) is 5.82 Å². The Kier molecular flexibility index (Phi) is 2.30. The minimum absolute atomic E-state index is 0.425. The molecule has 4 nitrogen and oxygen atoms in total. The molecule has 1 aliphatic rings. The summed E-state index contributed by atoms with van der Waals surface area (Å²) in [4.78, 5) is 0. The Labute approximate surface area is 76.5 Å². The maximum absolute atomic E-state index is 4.53. The fourth-order valence-corrected chi connectivity index (χ4v) is 2.23. The van der Waals surface area contributed by atoms with E-state index in [1.165, 1.54) is 19.3 Å². The highest BCUT2D eigenvalue weighted by Crippen LogP contribution is 2.33. The third-order valence-electron chi connectivity index (χ3n) is 2.44. The van der Waals surface area contributed by atoms with Crippen LogP contribution >= 0.6 is 12.6 Å². The molecule has 1 aromatic rings. The number of nitrogens with zero attached hydrogens (tertiary/aromatic N) is 3. The smallest absolute Gasteiger partial charge is 0.152 e. The first-order valence-electron chi connectivity index (χ1n) is 4.29. The van der Waals surface area contributed by atoms with Crippen LogP contribution in [0.5, 0.6) is 0 Å². The van der Waals surface area contributed by atoms with Gasteiger partial charge in [0.05, 0.1) is 0 Å². The molecule has 5 heteroatoms. The van der Waals surface area contributed by atoms with Crippen LogP contribution in [0.15, 0.2) is 0 Å². The first-order chi connectivity index (χ1) is 5.88. The third kappa shape index (κ3) is 1.46. The molecule has 1 saturated carbocycles. The molecular weight excluding hydrogens is 172 g/mol. The molecule has 0 spiro atoms. The van der Waals surface area contributed by atoms with Crippen molar-refractivity contribution < 1.29 is 0 Å². The third-order valence-corrected chi connectivity index (χ3v) is 3.06. The van der Waals surface area contributed by atoms with Crippen molar-refractivity contribution in [1.82, 2.24) is 20.6 Å². The van der Waals surface area contributed by atoms with E-state index in [1.54, 1.807) is 0 Å². The van der Waals surface area contributed by atoms with Crippen LogP contribution in [0.4, 0.5) is 0 Å². The van der Waals surface area contributed by atoms with Gasteiger partial charge in [-0.25, -0.2) is 5.10 Å². The summed E-state index contributed by atoms with van der Waals surface area (Å²) in [5.41, 5.74) is 0. The number of rotatable bonds is 1. The molecular formula is C7H12N4S. The van der Waals surface area contributed by atoms with E-state index in [9.17, 15) is 0 Å². The van der Waals surface area contributed by atoms with Gasteiger partial charge in [-0.15, -0.1) is 5.10 Å². The second-order valence-electron chi connectivity index (χ2n) is 3.24. The Hall–Kier alpha value is -0.580. The van der Waals surface area contributed by atoms with Crippen molar-refractivity contribution in [3.8, 4) is 0 Å². The molecule has 0 bridgehead atoms. The quantitative estimate of drug-likeness (QED) is 0.644. The van der Waals surface area contributed by atoms with E-state index in [4.69, 9.17) is 0 Å². The van der Waals surface area contributed by atoms with Gasteiger partial charge in [-0.2, -0.15) is 12.6 Å². The molecule has 12 heavy (non-hydrogen) atoms. The lowest BCUT2D eigenvalue weighted by Crippen LogP contribution is -2.19. The van der Waals surface area contributed by atoms with Crippen LogP contribution in [-0.2, 0) is 0 Å². The summed E-state index contributed by atoms with van der Waals surface area (Å²) in [5.74, 6) is 1.33. The molecule has 0 aromatic carbocycles. The average molecular weight is 184 g/mol. The minimum atomic E-state index is 0.425. The first kappa shape index (κ1) is 8.04. The largest absolute Gasteiger partial charge is 0.243 e. The van der Waals surface area contributed by atoms with Gasteiger partial charge in [0, 0.05) is 11.2 Å². The summed E-state index contributed by atoms with van der Waals surface area (Å²) in [6.07, 6.45) is 4.88. The highest BCUT2D eigenvalue weighted by Gasteiger charge is 2.25. The molecule has 66 valence electrons. The summed E-state index contributed by atoms with van der Waals surface area (Å²) in [6, 6.07) is 0. The van der Waals surface area contributed by atoms with Gasteiger partial charge in [0.2, 0.25) is 0 Å². The predicted octanol–water partition coefficient (Wildman–Crippen LogP) is 1.16. The number of aromatic nitrogens is 4. The van der Waals surface area contributed by atoms with Gasteiger partial charge in [-0.05, 0) is 23.3 Å². The van der Waals surface area contributed by atoms with Crippen molar-refractivity contribution >= 4 is 12.6 Å². The van der Waals surface area contributed by atoms with Crippen molar-refractivity contribution in [2.45, 2.75) is 36.9 Å². The highest BCUT2D eigenvalue weighted by molar-refractivity contribution is 7.81. The van der Waals surface area contributed by atoms with Gasteiger partial charge in [-0.3, -0.25) is 0 Å². The number of tetrazole rings is 1. The van der Waals surface area contributed by atoms with Crippen molar-refractivity contribution in [1.29, 1.82) is 0 Å². The van der Waals surface area contributed by atoms with E-state index in [0.717, 1.165) is 12.2 Å². The summed E-state index contributed by atoms with van der Waals surface area (Å²) in [6.45, 7) is 0. The maximum Gasteiger partial charge on any atom is 0.152 e. The zero-order valence-electron chi connectivity index (χ0n) is 6.77. The van der Waals surface area contributed by atoms with Crippen LogP contribution in [0.2, 0.25) is 0 Å². The molecule has 1 heterocycles. The number of nitrogens with one attached hydrogen (secondary N) is 1. The Morgan fingerprint density at radius 2 is 2.17 bits per heavy atom. The molecule has 2 unspecified atom stereocenters. The van der Waals surface area contributed by atoms with Gasteiger partial charge in [0.25, 0.3) is 0 Å². The molecule has 0 aliphatic heterocycles. The van der Waals surface area contributed by atoms with Crippen LogP contribution in [0.1, 0.15) is 37.4 Å². The van der Waals surface area contributed by atoms with Crippen LogP contribution in [0, 0.1) is 0 Å². The van der Waals surface area contributed by atoms with E-state index in [1.807, 2.05) is 0 Å². The van der Waals surface area contributed by atoms with E-state index >= 15 is 0 Å². The standard InChI is InChI=1S/C7H12N4S/c12-6-4-2-1-3-5(6)7-8-10-11-9-7/h5-6,12H,1-4H2,(H,8,9,10,11). The van der Waals surface area contributed by atoms with Crippen molar-refractivity contribution in [2.24, 2.45) is 0 Å². The fourth-order valence-electron chi connectivity index (χ4n) is 1.75. The molecule has 1 N–H and O–H groups in total. The monoisotopic (exact) mass is 184 g/mol. The number of thiol groups is 1. The molecule has 0 radical (unpaired) electrons. The highest BCUT2D eigenvalue weighted by atomic mass is 32.1. The Morgan fingerprint density at radius 1 is 1.33 bits per heavy atom. The lowest BCUT2D eigenvalue weighted by Gasteiger charge is -2.25. The van der Waals surface area contributed by atoms with E-state index < -0.39 is 0 Å².